The van der Waals surface area contributed by atoms with Gasteiger partial charge in [-0.05, 0) is 19.1 Å². The first kappa shape index (κ1) is 20.4. The van der Waals surface area contributed by atoms with Crippen molar-refractivity contribution in [3.05, 3.63) is 64.4 Å². The summed E-state index contributed by atoms with van der Waals surface area (Å²) in [4.78, 5) is 30.2. The van der Waals surface area contributed by atoms with Gasteiger partial charge >= 0.3 is 6.03 Å². The molecule has 0 saturated carbocycles. The number of imide groups is 1. The number of anilines is 1. The number of hydrogen-bond acceptors (Lipinski definition) is 5. The first-order valence-electron chi connectivity index (χ1n) is 10.1. The lowest BCUT2D eigenvalue weighted by molar-refractivity contribution is -0.133. The van der Waals surface area contributed by atoms with Crippen molar-refractivity contribution in [2.45, 2.75) is 25.7 Å². The number of nitrogens with zero attached hydrogens (tertiary/aromatic N) is 6. The van der Waals surface area contributed by atoms with Crippen LogP contribution < -0.4 is 4.90 Å². The standard InChI is InChI=1S/C22H20ClFN6O2/c1-12-7-9-13(10-8-12)18-25-26-21-29(11-14-15(23)5-4-6-16(14)24)17-19(30(18)21)27(2)22(32)28(3)20(17)31/h4-10,17,19H,11H2,1-3H3. The van der Waals surface area contributed by atoms with E-state index in [1.165, 1.54) is 24.1 Å². The number of amides is 3. The van der Waals surface area contributed by atoms with Crippen molar-refractivity contribution in [2.24, 2.45) is 0 Å². The van der Waals surface area contributed by atoms with E-state index in [-0.39, 0.29) is 17.1 Å². The Morgan fingerprint density at radius 1 is 1.06 bits per heavy atom. The van der Waals surface area contributed by atoms with Gasteiger partial charge in [-0.15, -0.1) is 10.2 Å². The maximum Gasteiger partial charge on any atom is 0.327 e. The van der Waals surface area contributed by atoms with E-state index in [4.69, 9.17) is 11.6 Å². The Morgan fingerprint density at radius 3 is 2.47 bits per heavy atom. The first-order chi connectivity index (χ1) is 15.3. The number of fused-ring (bicyclic) bond motifs is 3. The molecule has 2 aliphatic rings. The lowest BCUT2D eigenvalue weighted by Gasteiger charge is -2.40. The van der Waals surface area contributed by atoms with Gasteiger partial charge in [0, 0.05) is 30.2 Å². The highest BCUT2D eigenvalue weighted by Gasteiger charge is 2.54. The number of halogens is 2. The molecule has 0 bridgehead atoms. The molecule has 1 aromatic heterocycles. The molecule has 2 unspecified atom stereocenters. The molecule has 3 aromatic rings. The van der Waals surface area contributed by atoms with Crippen LogP contribution in [-0.2, 0) is 11.3 Å². The Kier molecular flexibility index (Phi) is 4.67. The lowest BCUT2D eigenvalue weighted by atomic mass is 10.1. The van der Waals surface area contributed by atoms with Crippen LogP contribution in [0.1, 0.15) is 17.3 Å². The Bertz CT molecular complexity index is 1220. The van der Waals surface area contributed by atoms with Gasteiger partial charge in [0.2, 0.25) is 5.95 Å². The summed E-state index contributed by atoms with van der Waals surface area (Å²) in [7, 11) is 3.07. The molecule has 2 atom stereocenters. The molecule has 1 saturated heterocycles. The van der Waals surface area contributed by atoms with Gasteiger partial charge in [-0.25, -0.2) is 9.18 Å². The molecule has 3 heterocycles. The van der Waals surface area contributed by atoms with Gasteiger partial charge in [-0.1, -0.05) is 47.5 Å². The molecule has 3 amide bonds. The van der Waals surface area contributed by atoms with Crippen molar-refractivity contribution >= 4 is 29.5 Å². The first-order valence-corrected chi connectivity index (χ1v) is 10.4. The maximum atomic E-state index is 14.6. The molecule has 0 N–H and O–H groups in total. The van der Waals surface area contributed by atoms with Crippen molar-refractivity contribution in [3.63, 3.8) is 0 Å². The lowest BCUT2D eigenvalue weighted by Crippen LogP contribution is -2.61. The molecule has 32 heavy (non-hydrogen) atoms. The molecule has 0 spiro atoms. The van der Waals surface area contributed by atoms with Crippen LogP contribution in [-0.4, -0.2) is 56.6 Å². The SMILES string of the molecule is Cc1ccc(-c2nnc3n2C2C(C(=O)N(C)C(=O)N2C)N3Cc2c(F)cccc2Cl)cc1. The average molecular weight is 455 g/mol. The Morgan fingerprint density at radius 2 is 1.78 bits per heavy atom. The Balaban J connectivity index is 1.68. The van der Waals surface area contributed by atoms with E-state index in [1.54, 1.807) is 22.6 Å². The van der Waals surface area contributed by atoms with Crippen LogP contribution in [0, 0.1) is 12.7 Å². The summed E-state index contributed by atoms with van der Waals surface area (Å²) in [5, 5.41) is 8.94. The van der Waals surface area contributed by atoms with Crippen LogP contribution in [0.15, 0.2) is 42.5 Å². The highest BCUT2D eigenvalue weighted by Crippen LogP contribution is 2.43. The predicted molar refractivity (Wildman–Crippen MR) is 117 cm³/mol. The summed E-state index contributed by atoms with van der Waals surface area (Å²) < 4.78 is 16.4. The molecule has 0 aliphatic carbocycles. The van der Waals surface area contributed by atoms with Crippen LogP contribution in [0.25, 0.3) is 11.4 Å². The van der Waals surface area contributed by atoms with Crippen molar-refractivity contribution in [1.82, 2.24) is 24.6 Å². The molecule has 2 aliphatic heterocycles. The van der Waals surface area contributed by atoms with Gasteiger partial charge in [-0.2, -0.15) is 0 Å². The number of carbonyl (C=O) groups excluding carboxylic acids is 2. The number of likely N-dealkylation sites (N-methyl/N-ethyl adjacent to an activating group) is 2. The number of rotatable bonds is 3. The number of carbonyl (C=O) groups is 2. The van der Waals surface area contributed by atoms with E-state index in [2.05, 4.69) is 10.2 Å². The summed E-state index contributed by atoms with van der Waals surface area (Å²) in [5.41, 5.74) is 2.13. The molecule has 0 radical (unpaired) electrons. The van der Waals surface area contributed by atoms with Gasteiger partial charge < -0.3 is 9.80 Å². The summed E-state index contributed by atoms with van der Waals surface area (Å²) in [6.07, 6.45) is -0.682. The fourth-order valence-corrected chi connectivity index (χ4v) is 4.58. The monoisotopic (exact) mass is 454 g/mol. The number of aromatic nitrogens is 3. The molecule has 10 heteroatoms. The smallest absolute Gasteiger partial charge is 0.320 e. The number of aryl methyl sites for hydroxylation is 1. The van der Waals surface area contributed by atoms with Crippen LogP contribution in [0.3, 0.4) is 0 Å². The minimum atomic E-state index is -0.798. The van der Waals surface area contributed by atoms with Gasteiger partial charge in [0.25, 0.3) is 5.91 Å². The Labute approximate surface area is 188 Å². The van der Waals surface area contributed by atoms with Crippen molar-refractivity contribution in [3.8, 4) is 11.4 Å². The van der Waals surface area contributed by atoms with Gasteiger partial charge in [0.15, 0.2) is 11.9 Å². The fraction of sp³-hybridized carbons (Fsp3) is 0.273. The van der Waals surface area contributed by atoms with Crippen molar-refractivity contribution in [2.75, 3.05) is 19.0 Å². The summed E-state index contributed by atoms with van der Waals surface area (Å²) >= 11 is 6.27. The number of urea groups is 1. The quantitative estimate of drug-likeness (QED) is 0.606. The van der Waals surface area contributed by atoms with Crippen molar-refractivity contribution in [1.29, 1.82) is 0 Å². The highest BCUT2D eigenvalue weighted by atomic mass is 35.5. The van der Waals surface area contributed by atoms with E-state index >= 15 is 0 Å². The summed E-state index contributed by atoms with van der Waals surface area (Å²) in [6, 6.07) is 10.9. The highest BCUT2D eigenvalue weighted by molar-refractivity contribution is 6.31. The van der Waals surface area contributed by atoms with E-state index in [9.17, 15) is 14.0 Å². The molecule has 5 rings (SSSR count). The second kappa shape index (κ2) is 7.30. The molecule has 2 aromatic carbocycles. The van der Waals surface area contributed by atoms with E-state index in [1.807, 2.05) is 31.2 Å². The molecular formula is C22H20ClFN6O2. The second-order valence-electron chi connectivity index (χ2n) is 8.04. The zero-order chi connectivity index (χ0) is 22.7. The molecule has 1 fully saturated rings. The largest absolute Gasteiger partial charge is 0.327 e. The average Bonchev–Trinajstić information content (AvgIpc) is 3.33. The number of benzene rings is 2. The zero-order valence-corrected chi connectivity index (χ0v) is 18.4. The van der Waals surface area contributed by atoms with Crippen LogP contribution in [0.2, 0.25) is 5.02 Å². The third-order valence-corrected chi connectivity index (χ3v) is 6.44. The van der Waals surface area contributed by atoms with Gasteiger partial charge in [-0.3, -0.25) is 14.3 Å². The maximum absolute atomic E-state index is 14.6. The summed E-state index contributed by atoms with van der Waals surface area (Å²) in [6.45, 7) is 1.98. The zero-order valence-electron chi connectivity index (χ0n) is 17.7. The van der Waals surface area contributed by atoms with E-state index < -0.39 is 30.0 Å². The van der Waals surface area contributed by atoms with Crippen molar-refractivity contribution < 1.29 is 14.0 Å². The minimum Gasteiger partial charge on any atom is -0.320 e. The van der Waals surface area contributed by atoms with Crippen LogP contribution in [0.4, 0.5) is 15.1 Å². The third kappa shape index (κ3) is 2.88. The van der Waals surface area contributed by atoms with E-state index in [0.717, 1.165) is 16.0 Å². The predicted octanol–water partition coefficient (Wildman–Crippen LogP) is 3.46. The number of hydrogen-bond donors (Lipinski definition) is 0. The van der Waals surface area contributed by atoms with Gasteiger partial charge in [0.1, 0.15) is 12.0 Å². The molecule has 8 nitrogen and oxygen atoms in total. The fourth-order valence-electron chi connectivity index (χ4n) is 4.36. The molecule has 164 valence electrons. The van der Waals surface area contributed by atoms with Gasteiger partial charge in [0.05, 0.1) is 6.54 Å². The third-order valence-electron chi connectivity index (χ3n) is 6.09. The minimum absolute atomic E-state index is 0.000312. The summed E-state index contributed by atoms with van der Waals surface area (Å²) in [5.74, 6) is 0.0186. The Hall–Kier alpha value is -3.46. The normalized spacial score (nSPS) is 20.1. The second-order valence-corrected chi connectivity index (χ2v) is 8.44. The topological polar surface area (TPSA) is 74.6 Å². The van der Waals surface area contributed by atoms with E-state index in [0.29, 0.717) is 11.8 Å². The van der Waals surface area contributed by atoms with Crippen LogP contribution >= 0.6 is 11.6 Å². The molecular weight excluding hydrogens is 435 g/mol. The van der Waals surface area contributed by atoms with Crippen LogP contribution in [0.5, 0.6) is 0 Å².